The zero-order valence-electron chi connectivity index (χ0n) is 12.2. The predicted octanol–water partition coefficient (Wildman–Crippen LogP) is 3.00. The Balaban J connectivity index is 1.90. The Labute approximate surface area is 134 Å². The summed E-state index contributed by atoms with van der Waals surface area (Å²) in [5.41, 5.74) is 1.23. The normalized spacial score (nSPS) is 9.86. The van der Waals surface area contributed by atoms with E-state index in [0.29, 0.717) is 12.2 Å². The molecule has 6 heteroatoms. The number of nitrogens with zero attached hydrogens (tertiary/aromatic N) is 1. The van der Waals surface area contributed by atoms with E-state index in [9.17, 15) is 4.79 Å². The zero-order chi connectivity index (χ0) is 15.8. The standard InChI is InChI=1S/C16H17N3O2S/c1-2-10-21-14-7-5-12(6-8-14)15(20)19-16(22)18-13-4-3-9-17-11-13/h3-9,11H,2,10H2,1H3,(H2,18,19,20,22). The number of carbonyl (C=O) groups excluding carboxylic acids is 1. The molecular weight excluding hydrogens is 298 g/mol. The van der Waals surface area contributed by atoms with Gasteiger partial charge in [-0.1, -0.05) is 6.92 Å². The monoisotopic (exact) mass is 315 g/mol. The molecule has 0 saturated carbocycles. The summed E-state index contributed by atoms with van der Waals surface area (Å²) in [6, 6.07) is 10.5. The molecule has 0 aliphatic carbocycles. The molecule has 0 bridgehead atoms. The number of amides is 1. The zero-order valence-corrected chi connectivity index (χ0v) is 13.0. The second-order valence-electron chi connectivity index (χ2n) is 4.52. The van der Waals surface area contributed by atoms with Crippen LogP contribution < -0.4 is 15.4 Å². The molecule has 2 aromatic rings. The summed E-state index contributed by atoms with van der Waals surface area (Å²) >= 11 is 5.10. The maximum atomic E-state index is 12.1. The van der Waals surface area contributed by atoms with E-state index in [2.05, 4.69) is 15.6 Å². The van der Waals surface area contributed by atoms with Gasteiger partial charge in [0.2, 0.25) is 0 Å². The van der Waals surface area contributed by atoms with Crippen LogP contribution in [0.1, 0.15) is 23.7 Å². The number of aromatic nitrogens is 1. The average molecular weight is 315 g/mol. The summed E-state index contributed by atoms with van der Waals surface area (Å²) in [7, 11) is 0. The van der Waals surface area contributed by atoms with E-state index in [0.717, 1.165) is 17.9 Å². The fraction of sp³-hybridized carbons (Fsp3) is 0.188. The molecule has 0 fully saturated rings. The fourth-order valence-corrected chi connectivity index (χ4v) is 1.91. The van der Waals surface area contributed by atoms with Gasteiger partial charge in [0.25, 0.3) is 5.91 Å². The van der Waals surface area contributed by atoms with E-state index in [-0.39, 0.29) is 11.0 Å². The van der Waals surface area contributed by atoms with Crippen molar-refractivity contribution in [3.63, 3.8) is 0 Å². The van der Waals surface area contributed by atoms with Gasteiger partial charge in [-0.05, 0) is 55.0 Å². The first-order chi connectivity index (χ1) is 10.7. The van der Waals surface area contributed by atoms with Crippen molar-refractivity contribution < 1.29 is 9.53 Å². The van der Waals surface area contributed by atoms with Crippen molar-refractivity contribution in [2.24, 2.45) is 0 Å². The molecular formula is C16H17N3O2S. The minimum atomic E-state index is -0.275. The highest BCUT2D eigenvalue weighted by Crippen LogP contribution is 2.12. The first-order valence-corrected chi connectivity index (χ1v) is 7.35. The third kappa shape index (κ3) is 4.82. The molecule has 2 rings (SSSR count). The summed E-state index contributed by atoms with van der Waals surface area (Å²) in [6.07, 6.45) is 4.23. The average Bonchev–Trinajstić information content (AvgIpc) is 2.54. The molecule has 0 spiro atoms. The number of ether oxygens (including phenoxy) is 1. The third-order valence-corrected chi connectivity index (χ3v) is 2.94. The highest BCUT2D eigenvalue weighted by Gasteiger charge is 2.08. The highest BCUT2D eigenvalue weighted by molar-refractivity contribution is 7.80. The minimum Gasteiger partial charge on any atom is -0.494 e. The summed E-state index contributed by atoms with van der Waals surface area (Å²) in [4.78, 5) is 16.0. The number of hydrogen-bond donors (Lipinski definition) is 2. The molecule has 5 nitrogen and oxygen atoms in total. The van der Waals surface area contributed by atoms with E-state index >= 15 is 0 Å². The number of rotatable bonds is 5. The molecule has 1 amide bonds. The van der Waals surface area contributed by atoms with E-state index in [4.69, 9.17) is 17.0 Å². The second kappa shape index (κ2) is 8.09. The molecule has 0 aliphatic heterocycles. The van der Waals surface area contributed by atoms with Crippen LogP contribution in [0.15, 0.2) is 48.8 Å². The van der Waals surface area contributed by atoms with Crippen molar-refractivity contribution >= 4 is 28.9 Å². The number of pyridine rings is 1. The summed E-state index contributed by atoms with van der Waals surface area (Å²) in [6.45, 7) is 2.70. The van der Waals surface area contributed by atoms with Gasteiger partial charge in [-0.25, -0.2) is 0 Å². The van der Waals surface area contributed by atoms with Gasteiger partial charge in [-0.3, -0.25) is 15.1 Å². The Hall–Kier alpha value is -2.47. The van der Waals surface area contributed by atoms with Crippen molar-refractivity contribution in [2.45, 2.75) is 13.3 Å². The van der Waals surface area contributed by atoms with Gasteiger partial charge in [0.15, 0.2) is 5.11 Å². The highest BCUT2D eigenvalue weighted by atomic mass is 32.1. The van der Waals surface area contributed by atoms with Crippen LogP contribution in [0.5, 0.6) is 5.75 Å². The molecule has 114 valence electrons. The maximum absolute atomic E-state index is 12.1. The van der Waals surface area contributed by atoms with Crippen molar-refractivity contribution in [1.82, 2.24) is 10.3 Å². The lowest BCUT2D eigenvalue weighted by atomic mass is 10.2. The molecule has 1 aromatic carbocycles. The van der Waals surface area contributed by atoms with Crippen LogP contribution in [-0.2, 0) is 0 Å². The minimum absolute atomic E-state index is 0.226. The van der Waals surface area contributed by atoms with E-state index < -0.39 is 0 Å². The Morgan fingerprint density at radius 3 is 2.68 bits per heavy atom. The molecule has 0 aliphatic rings. The second-order valence-corrected chi connectivity index (χ2v) is 4.93. The van der Waals surface area contributed by atoms with Gasteiger partial charge in [-0.2, -0.15) is 0 Å². The SMILES string of the molecule is CCCOc1ccc(C(=O)NC(=S)Nc2cccnc2)cc1. The molecule has 2 N–H and O–H groups in total. The summed E-state index contributed by atoms with van der Waals surface area (Å²) < 4.78 is 5.47. The topological polar surface area (TPSA) is 63.2 Å². The number of hydrogen-bond acceptors (Lipinski definition) is 4. The van der Waals surface area contributed by atoms with E-state index in [1.54, 1.807) is 42.7 Å². The van der Waals surface area contributed by atoms with Gasteiger partial charge in [0.05, 0.1) is 18.5 Å². The lowest BCUT2D eigenvalue weighted by Gasteiger charge is -2.09. The Bertz CT molecular complexity index is 630. The molecule has 0 atom stereocenters. The van der Waals surface area contributed by atoms with Crippen LogP contribution in [0.4, 0.5) is 5.69 Å². The first-order valence-electron chi connectivity index (χ1n) is 6.94. The van der Waals surface area contributed by atoms with Gasteiger partial charge >= 0.3 is 0 Å². The predicted molar refractivity (Wildman–Crippen MR) is 90.2 cm³/mol. The molecule has 1 aromatic heterocycles. The smallest absolute Gasteiger partial charge is 0.257 e. The van der Waals surface area contributed by atoms with Crippen LogP contribution >= 0.6 is 12.2 Å². The van der Waals surface area contributed by atoms with E-state index in [1.165, 1.54) is 0 Å². The van der Waals surface area contributed by atoms with Gasteiger partial charge < -0.3 is 10.1 Å². The molecule has 22 heavy (non-hydrogen) atoms. The quantitative estimate of drug-likeness (QED) is 0.831. The number of anilines is 1. The molecule has 0 saturated heterocycles. The lowest BCUT2D eigenvalue weighted by molar-refractivity contribution is 0.0977. The number of benzene rings is 1. The van der Waals surface area contributed by atoms with Gasteiger partial charge in [-0.15, -0.1) is 0 Å². The molecule has 0 unspecified atom stereocenters. The molecule has 1 heterocycles. The van der Waals surface area contributed by atoms with Gasteiger partial charge in [0, 0.05) is 11.8 Å². The maximum Gasteiger partial charge on any atom is 0.257 e. The van der Waals surface area contributed by atoms with Crippen LogP contribution in [0.25, 0.3) is 0 Å². The lowest BCUT2D eigenvalue weighted by Crippen LogP contribution is -2.34. The third-order valence-electron chi connectivity index (χ3n) is 2.74. The van der Waals surface area contributed by atoms with Crippen molar-refractivity contribution in [3.05, 3.63) is 54.4 Å². The van der Waals surface area contributed by atoms with Crippen molar-refractivity contribution in [1.29, 1.82) is 0 Å². The Morgan fingerprint density at radius 1 is 1.27 bits per heavy atom. The van der Waals surface area contributed by atoms with Gasteiger partial charge in [0.1, 0.15) is 5.75 Å². The number of thiocarbonyl (C=S) groups is 1. The molecule has 0 radical (unpaired) electrons. The fourth-order valence-electron chi connectivity index (χ4n) is 1.70. The van der Waals surface area contributed by atoms with Crippen LogP contribution in [0, 0.1) is 0 Å². The van der Waals surface area contributed by atoms with Crippen LogP contribution in [0.3, 0.4) is 0 Å². The Kier molecular flexibility index (Phi) is 5.85. The van der Waals surface area contributed by atoms with Crippen molar-refractivity contribution in [2.75, 3.05) is 11.9 Å². The van der Waals surface area contributed by atoms with Crippen LogP contribution in [-0.4, -0.2) is 22.6 Å². The number of carbonyl (C=O) groups is 1. The Morgan fingerprint density at radius 2 is 2.05 bits per heavy atom. The largest absolute Gasteiger partial charge is 0.494 e. The van der Waals surface area contributed by atoms with E-state index in [1.807, 2.05) is 13.0 Å². The van der Waals surface area contributed by atoms with Crippen LogP contribution in [0.2, 0.25) is 0 Å². The van der Waals surface area contributed by atoms with Crippen molar-refractivity contribution in [3.8, 4) is 5.75 Å². The number of nitrogens with one attached hydrogen (secondary N) is 2. The summed E-state index contributed by atoms with van der Waals surface area (Å²) in [5.74, 6) is 0.470. The summed E-state index contributed by atoms with van der Waals surface area (Å²) in [5, 5.41) is 5.74. The first kappa shape index (κ1) is 15.9.